The van der Waals surface area contributed by atoms with Gasteiger partial charge in [-0.15, -0.1) is 0 Å². The zero-order valence-electron chi connectivity index (χ0n) is 8.24. The van der Waals surface area contributed by atoms with Gasteiger partial charge in [0, 0.05) is 12.6 Å². The number of hydrogen-bond acceptors (Lipinski definition) is 3. The summed E-state index contributed by atoms with van der Waals surface area (Å²) in [5.41, 5.74) is 1.57. The van der Waals surface area contributed by atoms with E-state index in [0.717, 1.165) is 11.3 Å². The molecule has 0 saturated carbocycles. The number of halogens is 1. The van der Waals surface area contributed by atoms with E-state index in [1.807, 2.05) is 0 Å². The smallest absolute Gasteiger partial charge is 0.144 e. The molecular formula is C11H10FN3. The van der Waals surface area contributed by atoms with Crippen molar-refractivity contribution in [2.45, 2.75) is 0 Å². The largest absolute Gasteiger partial charge is 0.372 e. The highest BCUT2D eigenvalue weighted by Gasteiger charge is 2.00. The van der Waals surface area contributed by atoms with E-state index in [1.165, 1.54) is 12.1 Å². The minimum atomic E-state index is -0.253. The molecule has 0 bridgehead atoms. The fraction of sp³-hybridized carbons (Fsp3) is 0.0909. The third kappa shape index (κ3) is 2.10. The van der Waals surface area contributed by atoms with Crippen molar-refractivity contribution in [3.8, 4) is 11.3 Å². The van der Waals surface area contributed by atoms with Gasteiger partial charge in [-0.1, -0.05) is 0 Å². The van der Waals surface area contributed by atoms with Crippen LogP contribution in [-0.4, -0.2) is 17.0 Å². The van der Waals surface area contributed by atoms with Crippen LogP contribution in [0.4, 0.5) is 10.2 Å². The highest BCUT2D eigenvalue weighted by Crippen LogP contribution is 2.17. The highest BCUT2D eigenvalue weighted by atomic mass is 19.1. The number of aromatic nitrogens is 2. The van der Waals surface area contributed by atoms with Gasteiger partial charge in [-0.2, -0.15) is 0 Å². The lowest BCUT2D eigenvalue weighted by Gasteiger charge is -2.02. The molecule has 0 spiro atoms. The first-order valence-electron chi connectivity index (χ1n) is 4.55. The van der Waals surface area contributed by atoms with Crippen molar-refractivity contribution in [1.29, 1.82) is 0 Å². The third-order valence-corrected chi connectivity index (χ3v) is 2.03. The lowest BCUT2D eigenvalue weighted by molar-refractivity contribution is 0.628. The molecule has 2 rings (SSSR count). The molecule has 0 aliphatic heterocycles. The molecule has 0 aliphatic rings. The molecule has 0 unspecified atom stereocenters. The van der Waals surface area contributed by atoms with Crippen LogP contribution in [0.5, 0.6) is 0 Å². The maximum atomic E-state index is 12.7. The van der Waals surface area contributed by atoms with Crippen LogP contribution in [0.2, 0.25) is 0 Å². The van der Waals surface area contributed by atoms with E-state index in [4.69, 9.17) is 0 Å². The van der Waals surface area contributed by atoms with Crippen LogP contribution >= 0.6 is 0 Å². The van der Waals surface area contributed by atoms with Gasteiger partial charge in [0.15, 0.2) is 0 Å². The zero-order valence-corrected chi connectivity index (χ0v) is 8.24. The Morgan fingerprint density at radius 3 is 2.53 bits per heavy atom. The van der Waals surface area contributed by atoms with Crippen LogP contribution in [-0.2, 0) is 0 Å². The van der Waals surface area contributed by atoms with Crippen molar-refractivity contribution in [3.05, 3.63) is 42.5 Å². The molecule has 1 aromatic heterocycles. The second-order valence-electron chi connectivity index (χ2n) is 3.05. The van der Waals surface area contributed by atoms with E-state index in [-0.39, 0.29) is 5.82 Å². The minimum Gasteiger partial charge on any atom is -0.372 e. The molecule has 0 fully saturated rings. The Balaban J connectivity index is 2.40. The maximum Gasteiger partial charge on any atom is 0.144 e. The molecule has 0 amide bonds. The quantitative estimate of drug-likeness (QED) is 0.813. The Hall–Kier alpha value is -1.97. The van der Waals surface area contributed by atoms with Gasteiger partial charge in [0.25, 0.3) is 0 Å². The normalized spacial score (nSPS) is 10.0. The standard InChI is InChI=1S/C11H10FN3/c1-13-11-7-14-6-10(15-11)8-2-4-9(12)5-3-8/h2-7H,1H3,(H,13,15). The number of benzene rings is 1. The van der Waals surface area contributed by atoms with Crippen LogP contribution in [0.25, 0.3) is 11.3 Å². The van der Waals surface area contributed by atoms with Gasteiger partial charge in [0.1, 0.15) is 11.6 Å². The van der Waals surface area contributed by atoms with Crippen molar-refractivity contribution in [3.63, 3.8) is 0 Å². The Bertz CT molecular complexity index is 454. The first-order chi connectivity index (χ1) is 7.29. The molecule has 76 valence electrons. The average Bonchev–Trinajstić information content (AvgIpc) is 2.30. The first kappa shape index (κ1) is 9.58. The highest BCUT2D eigenvalue weighted by molar-refractivity contribution is 5.59. The summed E-state index contributed by atoms with van der Waals surface area (Å²) in [6.45, 7) is 0. The third-order valence-electron chi connectivity index (χ3n) is 2.03. The Labute approximate surface area is 87.0 Å². The van der Waals surface area contributed by atoms with E-state index in [9.17, 15) is 4.39 Å². The Morgan fingerprint density at radius 1 is 1.13 bits per heavy atom. The van der Waals surface area contributed by atoms with Crippen molar-refractivity contribution in [2.24, 2.45) is 0 Å². The molecule has 15 heavy (non-hydrogen) atoms. The van der Waals surface area contributed by atoms with Gasteiger partial charge in [-0.3, -0.25) is 4.98 Å². The first-order valence-corrected chi connectivity index (χ1v) is 4.55. The lowest BCUT2D eigenvalue weighted by Crippen LogP contribution is -1.94. The van der Waals surface area contributed by atoms with Crippen LogP contribution in [0.3, 0.4) is 0 Å². The Kier molecular flexibility index (Phi) is 2.58. The van der Waals surface area contributed by atoms with Crippen LogP contribution < -0.4 is 5.32 Å². The topological polar surface area (TPSA) is 37.8 Å². The summed E-state index contributed by atoms with van der Waals surface area (Å²) in [7, 11) is 1.78. The van der Waals surface area contributed by atoms with Crippen LogP contribution in [0, 0.1) is 5.82 Å². The summed E-state index contributed by atoms with van der Waals surface area (Å²) >= 11 is 0. The average molecular weight is 203 g/mol. The van der Waals surface area contributed by atoms with Crippen LogP contribution in [0.1, 0.15) is 0 Å². The van der Waals surface area contributed by atoms with Crippen molar-refractivity contribution < 1.29 is 4.39 Å². The second-order valence-corrected chi connectivity index (χ2v) is 3.05. The molecule has 0 atom stereocenters. The molecule has 1 N–H and O–H groups in total. The molecule has 1 heterocycles. The lowest BCUT2D eigenvalue weighted by atomic mass is 10.1. The van der Waals surface area contributed by atoms with E-state index in [2.05, 4.69) is 15.3 Å². The molecule has 3 nitrogen and oxygen atoms in total. The predicted octanol–water partition coefficient (Wildman–Crippen LogP) is 2.32. The second kappa shape index (κ2) is 4.04. The van der Waals surface area contributed by atoms with Crippen molar-refractivity contribution >= 4 is 5.82 Å². The molecule has 0 aliphatic carbocycles. The fourth-order valence-corrected chi connectivity index (χ4v) is 1.25. The van der Waals surface area contributed by atoms with Gasteiger partial charge < -0.3 is 5.32 Å². The minimum absolute atomic E-state index is 0.253. The molecule has 2 aromatic rings. The predicted molar refractivity (Wildman–Crippen MR) is 57.0 cm³/mol. The summed E-state index contributed by atoms with van der Waals surface area (Å²) in [6, 6.07) is 6.17. The molecule has 0 radical (unpaired) electrons. The van der Waals surface area contributed by atoms with Gasteiger partial charge >= 0.3 is 0 Å². The van der Waals surface area contributed by atoms with Gasteiger partial charge in [-0.05, 0) is 24.3 Å². The van der Waals surface area contributed by atoms with Crippen molar-refractivity contribution in [2.75, 3.05) is 12.4 Å². The number of nitrogens with one attached hydrogen (secondary N) is 1. The maximum absolute atomic E-state index is 12.7. The fourth-order valence-electron chi connectivity index (χ4n) is 1.25. The van der Waals surface area contributed by atoms with Gasteiger partial charge in [0.2, 0.25) is 0 Å². The number of rotatable bonds is 2. The molecular weight excluding hydrogens is 193 g/mol. The summed E-state index contributed by atoms with van der Waals surface area (Å²) < 4.78 is 12.7. The Morgan fingerprint density at radius 2 is 1.87 bits per heavy atom. The summed E-state index contributed by atoms with van der Waals surface area (Å²) in [5.74, 6) is 0.438. The summed E-state index contributed by atoms with van der Waals surface area (Å²) in [5, 5.41) is 2.90. The number of hydrogen-bond donors (Lipinski definition) is 1. The molecule has 4 heteroatoms. The SMILES string of the molecule is CNc1cncc(-c2ccc(F)cc2)n1. The molecule has 0 saturated heterocycles. The van der Waals surface area contributed by atoms with E-state index in [0.29, 0.717) is 5.82 Å². The van der Waals surface area contributed by atoms with E-state index in [1.54, 1.807) is 31.6 Å². The monoisotopic (exact) mass is 203 g/mol. The summed E-state index contributed by atoms with van der Waals surface area (Å²) in [4.78, 5) is 8.33. The van der Waals surface area contributed by atoms with Crippen LogP contribution in [0.15, 0.2) is 36.7 Å². The molecule has 1 aromatic carbocycles. The van der Waals surface area contributed by atoms with Crippen molar-refractivity contribution in [1.82, 2.24) is 9.97 Å². The van der Waals surface area contributed by atoms with E-state index < -0.39 is 0 Å². The number of nitrogens with zero attached hydrogens (tertiary/aromatic N) is 2. The van der Waals surface area contributed by atoms with Gasteiger partial charge in [-0.25, -0.2) is 9.37 Å². The van der Waals surface area contributed by atoms with Gasteiger partial charge in [0.05, 0.1) is 18.1 Å². The summed E-state index contributed by atoms with van der Waals surface area (Å²) in [6.07, 6.45) is 3.28. The zero-order chi connectivity index (χ0) is 10.7. The number of anilines is 1. The van der Waals surface area contributed by atoms with E-state index >= 15 is 0 Å².